The van der Waals surface area contributed by atoms with Gasteiger partial charge in [0.2, 0.25) is 0 Å². The third-order valence-corrected chi connectivity index (χ3v) is 3.43. The molecule has 1 aliphatic heterocycles. The van der Waals surface area contributed by atoms with Crippen molar-refractivity contribution in [1.82, 2.24) is 0 Å². The lowest BCUT2D eigenvalue weighted by molar-refractivity contribution is 0.0956. The highest BCUT2D eigenvalue weighted by atomic mass is 16.4. The van der Waals surface area contributed by atoms with Gasteiger partial charge in [0, 0.05) is 12.2 Å². The second-order valence-corrected chi connectivity index (χ2v) is 4.66. The topological polar surface area (TPSA) is 59.5 Å². The Bertz CT molecular complexity index is 604. The van der Waals surface area contributed by atoms with Crippen LogP contribution in [0, 0.1) is 0 Å². The zero-order chi connectivity index (χ0) is 13.2. The van der Waals surface area contributed by atoms with E-state index in [0.717, 1.165) is 25.1 Å². The molecule has 0 atom stereocenters. The number of anilines is 1. The molecule has 1 aromatic carbocycles. The van der Waals surface area contributed by atoms with Crippen LogP contribution < -0.4 is 10.6 Å². The van der Waals surface area contributed by atoms with Crippen molar-refractivity contribution in [2.45, 2.75) is 19.4 Å². The molecule has 1 aliphatic rings. The minimum atomic E-state index is -0.0909. The maximum Gasteiger partial charge on any atom is 0.293 e. The van der Waals surface area contributed by atoms with Crippen LogP contribution in [-0.4, -0.2) is 12.5 Å². The maximum atomic E-state index is 12.5. The van der Waals surface area contributed by atoms with Crippen molar-refractivity contribution in [3.63, 3.8) is 0 Å². The summed E-state index contributed by atoms with van der Waals surface area (Å²) in [7, 11) is 0. The smallest absolute Gasteiger partial charge is 0.293 e. The standard InChI is InChI=1S/C15H16N2O2/c16-10-12-7-8-14(19-12)15(18)17-9-3-5-11-4-1-2-6-13(11)17/h1-2,4,6-8H,3,5,9-10,16H2. The number of carbonyl (C=O) groups excluding carboxylic acids is 1. The first kappa shape index (κ1) is 12.0. The second kappa shape index (κ2) is 4.90. The number of hydrogen-bond donors (Lipinski definition) is 1. The summed E-state index contributed by atoms with van der Waals surface area (Å²) in [5, 5.41) is 0. The fourth-order valence-corrected chi connectivity index (χ4v) is 2.48. The van der Waals surface area contributed by atoms with Gasteiger partial charge in [0.1, 0.15) is 5.76 Å². The van der Waals surface area contributed by atoms with Gasteiger partial charge < -0.3 is 15.1 Å². The van der Waals surface area contributed by atoms with E-state index in [1.807, 2.05) is 18.2 Å². The molecule has 2 heterocycles. The number of nitrogens with zero attached hydrogens (tertiary/aromatic N) is 1. The quantitative estimate of drug-likeness (QED) is 0.897. The van der Waals surface area contributed by atoms with Crippen LogP contribution in [0.1, 0.15) is 28.3 Å². The molecule has 0 saturated carbocycles. The van der Waals surface area contributed by atoms with Gasteiger partial charge in [-0.2, -0.15) is 0 Å². The third kappa shape index (κ3) is 2.15. The summed E-state index contributed by atoms with van der Waals surface area (Å²) in [4.78, 5) is 14.3. The molecular weight excluding hydrogens is 240 g/mol. The number of amides is 1. The number of aryl methyl sites for hydroxylation is 1. The molecule has 19 heavy (non-hydrogen) atoms. The van der Waals surface area contributed by atoms with Crippen molar-refractivity contribution in [3.05, 3.63) is 53.5 Å². The predicted molar refractivity (Wildman–Crippen MR) is 73.0 cm³/mol. The summed E-state index contributed by atoms with van der Waals surface area (Å²) in [6.07, 6.45) is 2.00. The Kier molecular flexibility index (Phi) is 3.09. The SMILES string of the molecule is NCc1ccc(C(=O)N2CCCc3ccccc32)o1. The molecule has 0 fully saturated rings. The molecule has 2 N–H and O–H groups in total. The van der Waals surface area contributed by atoms with Crippen LogP contribution in [0.4, 0.5) is 5.69 Å². The Morgan fingerprint density at radius 3 is 2.89 bits per heavy atom. The number of fused-ring (bicyclic) bond motifs is 1. The minimum absolute atomic E-state index is 0.0909. The number of furan rings is 1. The number of rotatable bonds is 2. The molecule has 0 radical (unpaired) electrons. The Hall–Kier alpha value is -2.07. The van der Waals surface area contributed by atoms with Gasteiger partial charge in [-0.05, 0) is 36.6 Å². The average molecular weight is 256 g/mol. The molecule has 3 rings (SSSR count). The van der Waals surface area contributed by atoms with Crippen LogP contribution in [0.25, 0.3) is 0 Å². The summed E-state index contributed by atoms with van der Waals surface area (Å²) >= 11 is 0. The van der Waals surface area contributed by atoms with E-state index in [1.165, 1.54) is 5.56 Å². The first-order valence-corrected chi connectivity index (χ1v) is 6.48. The van der Waals surface area contributed by atoms with Crippen molar-refractivity contribution in [1.29, 1.82) is 0 Å². The van der Waals surface area contributed by atoms with Gasteiger partial charge in [-0.1, -0.05) is 18.2 Å². The minimum Gasteiger partial charge on any atom is -0.455 e. The molecule has 4 nitrogen and oxygen atoms in total. The zero-order valence-corrected chi connectivity index (χ0v) is 10.6. The van der Waals surface area contributed by atoms with Gasteiger partial charge in [-0.15, -0.1) is 0 Å². The molecule has 0 unspecified atom stereocenters. The molecule has 4 heteroatoms. The Balaban J connectivity index is 1.93. The van der Waals surface area contributed by atoms with Gasteiger partial charge in [0.05, 0.1) is 6.54 Å². The van der Waals surface area contributed by atoms with Crippen molar-refractivity contribution < 1.29 is 9.21 Å². The Morgan fingerprint density at radius 1 is 1.26 bits per heavy atom. The van der Waals surface area contributed by atoms with Crippen molar-refractivity contribution >= 4 is 11.6 Å². The first-order valence-electron chi connectivity index (χ1n) is 6.48. The summed E-state index contributed by atoms with van der Waals surface area (Å²) < 4.78 is 5.45. The number of carbonyl (C=O) groups is 1. The molecule has 98 valence electrons. The van der Waals surface area contributed by atoms with E-state index < -0.39 is 0 Å². The van der Waals surface area contributed by atoms with Crippen LogP contribution in [-0.2, 0) is 13.0 Å². The average Bonchev–Trinajstić information content (AvgIpc) is 2.95. The lowest BCUT2D eigenvalue weighted by atomic mass is 10.0. The monoisotopic (exact) mass is 256 g/mol. The summed E-state index contributed by atoms with van der Waals surface area (Å²) in [5.41, 5.74) is 7.71. The molecule has 0 bridgehead atoms. The van der Waals surface area contributed by atoms with Gasteiger partial charge >= 0.3 is 0 Å². The Morgan fingerprint density at radius 2 is 2.11 bits per heavy atom. The van der Waals surface area contributed by atoms with Crippen LogP contribution in [0.5, 0.6) is 0 Å². The van der Waals surface area contributed by atoms with Crippen molar-refractivity contribution in [2.24, 2.45) is 5.73 Å². The van der Waals surface area contributed by atoms with E-state index in [2.05, 4.69) is 6.07 Å². The molecule has 0 aliphatic carbocycles. The lowest BCUT2D eigenvalue weighted by Gasteiger charge is -2.28. The molecule has 2 aromatic rings. The number of nitrogens with two attached hydrogens (primary N) is 1. The van der Waals surface area contributed by atoms with Crippen LogP contribution in [0.3, 0.4) is 0 Å². The fourth-order valence-electron chi connectivity index (χ4n) is 2.48. The van der Waals surface area contributed by atoms with Crippen LogP contribution >= 0.6 is 0 Å². The van der Waals surface area contributed by atoms with Gasteiger partial charge in [-0.3, -0.25) is 4.79 Å². The fraction of sp³-hybridized carbons (Fsp3) is 0.267. The molecular formula is C15H16N2O2. The van der Waals surface area contributed by atoms with E-state index in [-0.39, 0.29) is 5.91 Å². The molecule has 0 saturated heterocycles. The predicted octanol–water partition coefficient (Wildman–Crippen LogP) is 2.33. The van der Waals surface area contributed by atoms with E-state index >= 15 is 0 Å². The maximum absolute atomic E-state index is 12.5. The lowest BCUT2D eigenvalue weighted by Crippen LogP contribution is -2.35. The van der Waals surface area contributed by atoms with Crippen molar-refractivity contribution in [3.8, 4) is 0 Å². The van der Waals surface area contributed by atoms with E-state index in [4.69, 9.17) is 10.2 Å². The van der Waals surface area contributed by atoms with Crippen LogP contribution in [0.15, 0.2) is 40.8 Å². The molecule has 0 spiro atoms. The highest BCUT2D eigenvalue weighted by Crippen LogP contribution is 2.28. The largest absolute Gasteiger partial charge is 0.455 e. The number of benzene rings is 1. The summed E-state index contributed by atoms with van der Waals surface area (Å²) in [6, 6.07) is 11.5. The highest BCUT2D eigenvalue weighted by molar-refractivity contribution is 6.04. The summed E-state index contributed by atoms with van der Waals surface area (Å²) in [5.74, 6) is 0.901. The summed E-state index contributed by atoms with van der Waals surface area (Å²) in [6.45, 7) is 1.04. The first-order chi connectivity index (χ1) is 9.29. The van der Waals surface area contributed by atoms with Gasteiger partial charge in [0.25, 0.3) is 5.91 Å². The van der Waals surface area contributed by atoms with Crippen molar-refractivity contribution in [2.75, 3.05) is 11.4 Å². The number of para-hydroxylation sites is 1. The van der Waals surface area contributed by atoms with E-state index in [0.29, 0.717) is 18.1 Å². The second-order valence-electron chi connectivity index (χ2n) is 4.66. The number of hydrogen-bond acceptors (Lipinski definition) is 3. The van der Waals surface area contributed by atoms with E-state index in [9.17, 15) is 4.79 Å². The Labute approximate surface area is 111 Å². The molecule has 1 amide bonds. The van der Waals surface area contributed by atoms with Crippen LogP contribution in [0.2, 0.25) is 0 Å². The molecule has 1 aromatic heterocycles. The zero-order valence-electron chi connectivity index (χ0n) is 10.6. The van der Waals surface area contributed by atoms with Gasteiger partial charge in [0.15, 0.2) is 5.76 Å². The highest BCUT2D eigenvalue weighted by Gasteiger charge is 2.25. The van der Waals surface area contributed by atoms with Gasteiger partial charge in [-0.25, -0.2) is 0 Å². The third-order valence-electron chi connectivity index (χ3n) is 3.43. The van der Waals surface area contributed by atoms with E-state index in [1.54, 1.807) is 17.0 Å². The normalized spacial score (nSPS) is 14.3.